The summed E-state index contributed by atoms with van der Waals surface area (Å²) < 4.78 is 38.7. The van der Waals surface area contributed by atoms with Crippen molar-refractivity contribution in [3.63, 3.8) is 0 Å². The SMILES string of the molecule is FC(F)(F)C1CNCCCN1c1cccs1. The number of nitrogens with zero attached hydrogens (tertiary/aromatic N) is 1. The first kappa shape index (κ1) is 11.7. The average Bonchev–Trinajstić information content (AvgIpc) is 2.60. The molecule has 16 heavy (non-hydrogen) atoms. The maximum Gasteiger partial charge on any atom is 0.410 e. The number of rotatable bonds is 1. The first-order chi connectivity index (χ1) is 7.59. The Kier molecular flexibility index (Phi) is 3.39. The predicted octanol–water partition coefficient (Wildman–Crippen LogP) is 2.48. The van der Waals surface area contributed by atoms with E-state index in [0.717, 1.165) is 6.42 Å². The summed E-state index contributed by atoms with van der Waals surface area (Å²) in [6, 6.07) is 2.12. The van der Waals surface area contributed by atoms with Crippen LogP contribution in [-0.2, 0) is 0 Å². The molecule has 0 aromatic carbocycles. The van der Waals surface area contributed by atoms with Gasteiger partial charge in [0.25, 0.3) is 0 Å². The van der Waals surface area contributed by atoms with Crippen LogP contribution in [0.4, 0.5) is 18.2 Å². The van der Waals surface area contributed by atoms with Gasteiger partial charge in [-0.05, 0) is 30.5 Å². The van der Waals surface area contributed by atoms with Crippen LogP contribution in [0.15, 0.2) is 17.5 Å². The Balaban J connectivity index is 2.23. The van der Waals surface area contributed by atoms with Gasteiger partial charge < -0.3 is 10.2 Å². The number of nitrogens with one attached hydrogen (secondary N) is 1. The highest BCUT2D eigenvalue weighted by Crippen LogP contribution is 2.32. The van der Waals surface area contributed by atoms with Crippen molar-refractivity contribution in [2.45, 2.75) is 18.6 Å². The third kappa shape index (κ3) is 2.49. The van der Waals surface area contributed by atoms with E-state index >= 15 is 0 Å². The molecule has 2 rings (SSSR count). The summed E-state index contributed by atoms with van der Waals surface area (Å²) in [5, 5.41) is 5.35. The number of hydrogen-bond donors (Lipinski definition) is 1. The molecule has 2 heterocycles. The van der Waals surface area contributed by atoms with Gasteiger partial charge >= 0.3 is 6.18 Å². The van der Waals surface area contributed by atoms with Gasteiger partial charge in [0.2, 0.25) is 0 Å². The van der Waals surface area contributed by atoms with Gasteiger partial charge in [0, 0.05) is 13.1 Å². The summed E-state index contributed by atoms with van der Waals surface area (Å²) in [6.45, 7) is 1.08. The number of hydrogen-bond acceptors (Lipinski definition) is 3. The van der Waals surface area contributed by atoms with Crippen LogP contribution in [0, 0.1) is 0 Å². The molecule has 1 aliphatic heterocycles. The zero-order chi connectivity index (χ0) is 11.6. The van der Waals surface area contributed by atoms with Crippen LogP contribution in [0.3, 0.4) is 0 Å². The molecule has 1 unspecified atom stereocenters. The molecule has 0 amide bonds. The lowest BCUT2D eigenvalue weighted by molar-refractivity contribution is -0.146. The largest absolute Gasteiger partial charge is 0.410 e. The fourth-order valence-electron chi connectivity index (χ4n) is 1.87. The van der Waals surface area contributed by atoms with Crippen LogP contribution in [-0.4, -0.2) is 31.9 Å². The monoisotopic (exact) mass is 250 g/mol. The van der Waals surface area contributed by atoms with Crippen molar-refractivity contribution >= 4 is 16.3 Å². The van der Waals surface area contributed by atoms with Crippen LogP contribution in [0.5, 0.6) is 0 Å². The van der Waals surface area contributed by atoms with E-state index in [1.54, 1.807) is 17.5 Å². The second kappa shape index (κ2) is 4.63. The summed E-state index contributed by atoms with van der Waals surface area (Å²) in [5.41, 5.74) is 0. The summed E-state index contributed by atoms with van der Waals surface area (Å²) in [4.78, 5) is 1.46. The first-order valence-corrected chi connectivity index (χ1v) is 6.04. The number of alkyl halides is 3. The minimum absolute atomic E-state index is 0.0264. The Bertz CT molecular complexity index is 323. The molecule has 0 bridgehead atoms. The molecule has 90 valence electrons. The Labute approximate surface area is 96.1 Å². The summed E-state index contributed by atoms with van der Waals surface area (Å²) in [6.07, 6.45) is -3.44. The van der Waals surface area contributed by atoms with Gasteiger partial charge in [0.05, 0.1) is 5.00 Å². The lowest BCUT2D eigenvalue weighted by atomic mass is 10.2. The van der Waals surface area contributed by atoms with Crippen molar-refractivity contribution < 1.29 is 13.2 Å². The maximum absolute atomic E-state index is 12.9. The Morgan fingerprint density at radius 2 is 2.25 bits per heavy atom. The van der Waals surface area contributed by atoms with Crippen molar-refractivity contribution in [2.24, 2.45) is 0 Å². The summed E-state index contributed by atoms with van der Waals surface area (Å²) in [7, 11) is 0. The molecule has 0 saturated carbocycles. The van der Waals surface area contributed by atoms with Crippen LogP contribution in [0.2, 0.25) is 0 Å². The molecular weight excluding hydrogens is 237 g/mol. The average molecular weight is 250 g/mol. The van der Waals surface area contributed by atoms with Gasteiger partial charge in [0.1, 0.15) is 6.04 Å². The quantitative estimate of drug-likeness (QED) is 0.823. The van der Waals surface area contributed by atoms with Crippen LogP contribution in [0.25, 0.3) is 0 Å². The van der Waals surface area contributed by atoms with Gasteiger partial charge in [-0.15, -0.1) is 11.3 Å². The minimum atomic E-state index is -4.18. The molecule has 0 aliphatic carbocycles. The van der Waals surface area contributed by atoms with E-state index in [0.29, 0.717) is 18.1 Å². The van der Waals surface area contributed by atoms with Crippen molar-refractivity contribution in [1.29, 1.82) is 0 Å². The smallest absolute Gasteiger partial charge is 0.350 e. The van der Waals surface area contributed by atoms with Crippen molar-refractivity contribution in [2.75, 3.05) is 24.5 Å². The second-order valence-electron chi connectivity index (χ2n) is 3.76. The molecule has 1 atom stereocenters. The van der Waals surface area contributed by atoms with E-state index in [1.165, 1.54) is 16.2 Å². The van der Waals surface area contributed by atoms with E-state index in [1.807, 2.05) is 0 Å². The zero-order valence-electron chi connectivity index (χ0n) is 8.63. The molecular formula is C10H13F3N2S. The lowest BCUT2D eigenvalue weighted by Crippen LogP contribution is -2.49. The van der Waals surface area contributed by atoms with Crippen molar-refractivity contribution in [3.05, 3.63) is 17.5 Å². The number of anilines is 1. The Morgan fingerprint density at radius 1 is 1.44 bits per heavy atom. The highest BCUT2D eigenvalue weighted by Gasteiger charge is 2.44. The molecule has 1 N–H and O–H groups in total. The number of thiophene rings is 1. The Hall–Kier alpha value is -0.750. The molecule has 6 heteroatoms. The van der Waals surface area contributed by atoms with E-state index in [4.69, 9.17) is 0 Å². The fourth-order valence-corrected chi connectivity index (χ4v) is 2.68. The molecule has 1 aliphatic rings. The van der Waals surface area contributed by atoms with Gasteiger partial charge in [-0.2, -0.15) is 13.2 Å². The van der Waals surface area contributed by atoms with Crippen molar-refractivity contribution in [3.8, 4) is 0 Å². The highest BCUT2D eigenvalue weighted by molar-refractivity contribution is 7.14. The molecule has 1 aromatic heterocycles. The molecule has 1 aromatic rings. The van der Waals surface area contributed by atoms with E-state index in [-0.39, 0.29) is 6.54 Å². The van der Waals surface area contributed by atoms with Gasteiger partial charge in [-0.3, -0.25) is 0 Å². The Morgan fingerprint density at radius 3 is 2.88 bits per heavy atom. The zero-order valence-corrected chi connectivity index (χ0v) is 9.44. The maximum atomic E-state index is 12.9. The third-order valence-corrected chi connectivity index (χ3v) is 3.54. The highest BCUT2D eigenvalue weighted by atomic mass is 32.1. The lowest BCUT2D eigenvalue weighted by Gasteiger charge is -2.31. The van der Waals surface area contributed by atoms with E-state index < -0.39 is 12.2 Å². The van der Waals surface area contributed by atoms with Crippen LogP contribution in [0.1, 0.15) is 6.42 Å². The van der Waals surface area contributed by atoms with Crippen LogP contribution >= 0.6 is 11.3 Å². The fraction of sp³-hybridized carbons (Fsp3) is 0.600. The molecule has 1 saturated heterocycles. The van der Waals surface area contributed by atoms with Gasteiger partial charge in [-0.25, -0.2) is 0 Å². The molecule has 2 nitrogen and oxygen atoms in total. The normalized spacial score (nSPS) is 23.2. The predicted molar refractivity (Wildman–Crippen MR) is 59.0 cm³/mol. The number of halogens is 3. The van der Waals surface area contributed by atoms with Gasteiger partial charge in [0.15, 0.2) is 0 Å². The first-order valence-electron chi connectivity index (χ1n) is 5.16. The standard InChI is InChI=1S/C10H13F3N2S/c11-10(12,13)8-7-14-4-2-5-15(8)9-3-1-6-16-9/h1,3,6,8,14H,2,4-5,7H2. The topological polar surface area (TPSA) is 15.3 Å². The van der Waals surface area contributed by atoms with E-state index in [2.05, 4.69) is 5.32 Å². The molecule has 1 fully saturated rings. The van der Waals surface area contributed by atoms with Crippen molar-refractivity contribution in [1.82, 2.24) is 5.32 Å². The van der Waals surface area contributed by atoms with E-state index in [9.17, 15) is 13.2 Å². The summed E-state index contributed by atoms with van der Waals surface area (Å²) in [5.74, 6) is 0. The second-order valence-corrected chi connectivity index (χ2v) is 4.69. The van der Waals surface area contributed by atoms with Crippen LogP contribution < -0.4 is 10.2 Å². The third-order valence-electron chi connectivity index (χ3n) is 2.63. The molecule has 0 spiro atoms. The van der Waals surface area contributed by atoms with Gasteiger partial charge in [-0.1, -0.05) is 0 Å². The minimum Gasteiger partial charge on any atom is -0.350 e. The molecule has 0 radical (unpaired) electrons. The summed E-state index contributed by atoms with van der Waals surface area (Å²) >= 11 is 1.36.